The van der Waals surface area contributed by atoms with Gasteiger partial charge in [0.2, 0.25) is 0 Å². The molecule has 7 nitrogen and oxygen atoms in total. The Balaban J connectivity index is 1.84. The van der Waals surface area contributed by atoms with Gasteiger partial charge in [0, 0.05) is 31.3 Å². The SMILES string of the molecule is CNC(=O)c1ccc([N+](=O)[O-])c(OCCCNCc2ccccc2)c1. The van der Waals surface area contributed by atoms with Crippen LogP contribution in [0.5, 0.6) is 5.75 Å². The number of hydrogen-bond acceptors (Lipinski definition) is 5. The van der Waals surface area contributed by atoms with Crippen molar-refractivity contribution >= 4 is 11.6 Å². The van der Waals surface area contributed by atoms with Crippen LogP contribution in [0.3, 0.4) is 0 Å². The van der Waals surface area contributed by atoms with Crippen molar-refractivity contribution in [2.45, 2.75) is 13.0 Å². The molecule has 0 radical (unpaired) electrons. The standard InChI is InChI=1S/C18H21N3O4/c1-19-18(22)15-8-9-16(21(23)24)17(12-15)25-11-5-10-20-13-14-6-3-2-4-7-14/h2-4,6-9,12,20H,5,10-11,13H2,1H3,(H,19,22). The van der Waals surface area contributed by atoms with E-state index in [0.717, 1.165) is 13.1 Å². The number of rotatable bonds is 9. The Kier molecular flexibility index (Phi) is 6.91. The van der Waals surface area contributed by atoms with Crippen molar-refractivity contribution in [2.24, 2.45) is 0 Å². The maximum Gasteiger partial charge on any atom is 0.310 e. The molecule has 1 amide bonds. The van der Waals surface area contributed by atoms with Crippen molar-refractivity contribution in [3.05, 3.63) is 69.8 Å². The maximum atomic E-state index is 11.7. The van der Waals surface area contributed by atoms with Gasteiger partial charge in [-0.2, -0.15) is 0 Å². The summed E-state index contributed by atoms with van der Waals surface area (Å²) in [4.78, 5) is 22.2. The van der Waals surface area contributed by atoms with Gasteiger partial charge in [-0.15, -0.1) is 0 Å². The van der Waals surface area contributed by atoms with Crippen molar-refractivity contribution in [3.63, 3.8) is 0 Å². The van der Waals surface area contributed by atoms with E-state index in [0.29, 0.717) is 18.6 Å². The zero-order valence-corrected chi connectivity index (χ0v) is 14.0. The molecule has 2 N–H and O–H groups in total. The monoisotopic (exact) mass is 343 g/mol. The van der Waals surface area contributed by atoms with E-state index in [2.05, 4.69) is 10.6 Å². The van der Waals surface area contributed by atoms with Crippen LogP contribution in [0.2, 0.25) is 0 Å². The Hall–Kier alpha value is -2.93. The van der Waals surface area contributed by atoms with Gasteiger partial charge in [0.05, 0.1) is 11.5 Å². The molecule has 0 fully saturated rings. The number of nitro benzene ring substituents is 1. The molecule has 0 bridgehead atoms. The highest BCUT2D eigenvalue weighted by Crippen LogP contribution is 2.28. The number of amides is 1. The number of hydrogen-bond donors (Lipinski definition) is 2. The van der Waals surface area contributed by atoms with Crippen LogP contribution in [-0.2, 0) is 6.54 Å². The number of nitro groups is 1. The third kappa shape index (κ3) is 5.58. The second kappa shape index (κ2) is 9.39. The molecule has 132 valence electrons. The number of nitrogens with one attached hydrogen (secondary N) is 2. The van der Waals surface area contributed by atoms with E-state index in [1.165, 1.54) is 30.8 Å². The Bertz CT molecular complexity index is 720. The molecule has 0 atom stereocenters. The molecule has 0 aliphatic heterocycles. The molecule has 0 aliphatic carbocycles. The van der Waals surface area contributed by atoms with E-state index in [9.17, 15) is 14.9 Å². The van der Waals surface area contributed by atoms with Crippen LogP contribution in [0.1, 0.15) is 22.3 Å². The van der Waals surface area contributed by atoms with Crippen LogP contribution in [0, 0.1) is 10.1 Å². The van der Waals surface area contributed by atoms with Gasteiger partial charge in [0.25, 0.3) is 5.91 Å². The van der Waals surface area contributed by atoms with E-state index < -0.39 is 4.92 Å². The van der Waals surface area contributed by atoms with Gasteiger partial charge >= 0.3 is 5.69 Å². The first-order chi connectivity index (χ1) is 12.1. The molecule has 0 aliphatic rings. The predicted octanol–water partition coefficient (Wildman–Crippen LogP) is 2.51. The Labute approximate surface area is 146 Å². The number of benzene rings is 2. The summed E-state index contributed by atoms with van der Waals surface area (Å²) >= 11 is 0. The Morgan fingerprint density at radius 1 is 1.20 bits per heavy atom. The molecular formula is C18H21N3O4. The molecular weight excluding hydrogens is 322 g/mol. The quantitative estimate of drug-likeness (QED) is 0.414. The number of ether oxygens (including phenoxy) is 1. The highest BCUT2D eigenvalue weighted by atomic mass is 16.6. The van der Waals surface area contributed by atoms with Crippen molar-refractivity contribution in [2.75, 3.05) is 20.2 Å². The van der Waals surface area contributed by atoms with E-state index in [-0.39, 0.29) is 17.3 Å². The summed E-state index contributed by atoms with van der Waals surface area (Å²) in [7, 11) is 1.50. The number of carbonyl (C=O) groups excluding carboxylic acids is 1. The molecule has 2 aromatic rings. The van der Waals surface area contributed by atoms with Crippen molar-refractivity contribution in [1.82, 2.24) is 10.6 Å². The molecule has 0 aromatic heterocycles. The minimum Gasteiger partial charge on any atom is -0.487 e. The summed E-state index contributed by atoms with van der Waals surface area (Å²) in [6.07, 6.45) is 0.689. The smallest absolute Gasteiger partial charge is 0.310 e. The molecule has 7 heteroatoms. The van der Waals surface area contributed by atoms with E-state index >= 15 is 0 Å². The second-order valence-corrected chi connectivity index (χ2v) is 5.38. The Morgan fingerprint density at radius 3 is 2.64 bits per heavy atom. The van der Waals surface area contributed by atoms with Gasteiger partial charge < -0.3 is 15.4 Å². The first-order valence-corrected chi connectivity index (χ1v) is 8.00. The zero-order valence-electron chi connectivity index (χ0n) is 14.0. The lowest BCUT2D eigenvalue weighted by Crippen LogP contribution is -2.18. The van der Waals surface area contributed by atoms with Crippen molar-refractivity contribution < 1.29 is 14.5 Å². The average molecular weight is 343 g/mol. The first-order valence-electron chi connectivity index (χ1n) is 8.00. The predicted molar refractivity (Wildman–Crippen MR) is 94.7 cm³/mol. The lowest BCUT2D eigenvalue weighted by Gasteiger charge is -2.09. The third-order valence-electron chi connectivity index (χ3n) is 3.57. The van der Waals surface area contributed by atoms with E-state index in [1.54, 1.807) is 0 Å². The largest absolute Gasteiger partial charge is 0.487 e. The summed E-state index contributed by atoms with van der Waals surface area (Å²) in [5.74, 6) is -0.210. The zero-order chi connectivity index (χ0) is 18.1. The summed E-state index contributed by atoms with van der Waals surface area (Å²) in [5, 5.41) is 16.8. The van der Waals surface area contributed by atoms with E-state index in [4.69, 9.17) is 4.74 Å². The van der Waals surface area contributed by atoms with Gasteiger partial charge in [-0.1, -0.05) is 30.3 Å². The lowest BCUT2D eigenvalue weighted by molar-refractivity contribution is -0.385. The molecule has 0 spiro atoms. The fraction of sp³-hybridized carbons (Fsp3) is 0.278. The molecule has 2 aromatic carbocycles. The molecule has 2 rings (SSSR count). The van der Waals surface area contributed by atoms with E-state index in [1.807, 2.05) is 30.3 Å². The number of nitrogens with zero attached hydrogens (tertiary/aromatic N) is 1. The normalized spacial score (nSPS) is 10.3. The molecule has 0 unspecified atom stereocenters. The number of carbonyl (C=O) groups is 1. The maximum absolute atomic E-state index is 11.7. The van der Waals surface area contributed by atoms with Crippen LogP contribution < -0.4 is 15.4 Å². The fourth-order valence-electron chi connectivity index (χ4n) is 2.27. The van der Waals surface area contributed by atoms with Gasteiger partial charge in [0.15, 0.2) is 5.75 Å². The van der Waals surface area contributed by atoms with Crippen LogP contribution in [0.4, 0.5) is 5.69 Å². The summed E-state index contributed by atoms with van der Waals surface area (Å²) < 4.78 is 5.52. The average Bonchev–Trinajstić information content (AvgIpc) is 2.64. The summed E-state index contributed by atoms with van der Waals surface area (Å²) in [6, 6.07) is 14.1. The van der Waals surface area contributed by atoms with Crippen LogP contribution in [0.15, 0.2) is 48.5 Å². The van der Waals surface area contributed by atoms with Gasteiger partial charge in [-0.25, -0.2) is 0 Å². The molecule has 0 heterocycles. The third-order valence-corrected chi connectivity index (χ3v) is 3.57. The van der Waals surface area contributed by atoms with Crippen molar-refractivity contribution in [3.8, 4) is 5.75 Å². The lowest BCUT2D eigenvalue weighted by atomic mass is 10.2. The summed E-state index contributed by atoms with van der Waals surface area (Å²) in [6.45, 7) is 1.80. The minimum absolute atomic E-state index is 0.106. The fourth-order valence-corrected chi connectivity index (χ4v) is 2.27. The van der Waals surface area contributed by atoms with Crippen LogP contribution in [0.25, 0.3) is 0 Å². The first kappa shape index (κ1) is 18.4. The molecule has 0 saturated heterocycles. The van der Waals surface area contributed by atoms with Gasteiger partial charge in [-0.05, 0) is 24.6 Å². The topological polar surface area (TPSA) is 93.5 Å². The highest BCUT2D eigenvalue weighted by Gasteiger charge is 2.17. The molecule has 25 heavy (non-hydrogen) atoms. The second-order valence-electron chi connectivity index (χ2n) is 5.38. The van der Waals surface area contributed by atoms with Crippen LogP contribution in [-0.4, -0.2) is 31.0 Å². The van der Waals surface area contributed by atoms with Crippen molar-refractivity contribution in [1.29, 1.82) is 0 Å². The van der Waals surface area contributed by atoms with Crippen LogP contribution >= 0.6 is 0 Å². The Morgan fingerprint density at radius 2 is 1.96 bits per heavy atom. The minimum atomic E-state index is -0.517. The van der Waals surface area contributed by atoms with Gasteiger partial charge in [-0.3, -0.25) is 14.9 Å². The molecule has 0 saturated carbocycles. The highest BCUT2D eigenvalue weighted by molar-refractivity contribution is 5.94. The summed E-state index contributed by atoms with van der Waals surface area (Å²) in [5.41, 5.74) is 1.37. The van der Waals surface area contributed by atoms with Gasteiger partial charge in [0.1, 0.15) is 0 Å².